The molecule has 22 heavy (non-hydrogen) atoms. The molecule has 5 heteroatoms. The predicted octanol–water partition coefficient (Wildman–Crippen LogP) is 1.85. The molecule has 2 aromatic rings. The van der Waals surface area contributed by atoms with Crippen molar-refractivity contribution >= 4 is 5.91 Å². The maximum atomic E-state index is 12.3. The summed E-state index contributed by atoms with van der Waals surface area (Å²) in [5.41, 5.74) is 3.03. The molecule has 1 atom stereocenters. The first-order valence-electron chi connectivity index (χ1n) is 7.89. The molecule has 0 saturated carbocycles. The maximum absolute atomic E-state index is 12.3. The molecule has 0 radical (unpaired) electrons. The number of piperidine rings is 1. The van der Waals surface area contributed by atoms with E-state index in [1.807, 2.05) is 18.2 Å². The molecule has 3 N–H and O–H groups in total. The van der Waals surface area contributed by atoms with Crippen LogP contribution < -0.4 is 10.6 Å². The van der Waals surface area contributed by atoms with Crippen LogP contribution in [0.1, 0.15) is 40.4 Å². The van der Waals surface area contributed by atoms with Gasteiger partial charge in [0.15, 0.2) is 0 Å². The summed E-state index contributed by atoms with van der Waals surface area (Å²) in [7, 11) is 0. The van der Waals surface area contributed by atoms with Crippen LogP contribution >= 0.6 is 0 Å². The molecule has 3 rings (SSSR count). The van der Waals surface area contributed by atoms with Gasteiger partial charge in [0.25, 0.3) is 5.91 Å². The molecule has 0 bridgehead atoms. The van der Waals surface area contributed by atoms with Gasteiger partial charge in [0, 0.05) is 37.0 Å². The Morgan fingerprint density at radius 3 is 3.14 bits per heavy atom. The molecule has 0 spiro atoms. The Bertz CT molecular complexity index is 603. The molecule has 1 saturated heterocycles. The molecule has 1 aliphatic rings. The topological polar surface area (TPSA) is 69.8 Å². The summed E-state index contributed by atoms with van der Waals surface area (Å²) in [4.78, 5) is 19.3. The van der Waals surface area contributed by atoms with E-state index in [-0.39, 0.29) is 5.91 Å². The molecular weight excluding hydrogens is 276 g/mol. The minimum absolute atomic E-state index is 0.00914. The number of H-pyrrole nitrogens is 1. The number of imidazole rings is 1. The maximum Gasteiger partial charge on any atom is 0.251 e. The fourth-order valence-electron chi connectivity index (χ4n) is 2.90. The summed E-state index contributed by atoms with van der Waals surface area (Å²) in [6.07, 6.45) is 6.59. The smallest absolute Gasteiger partial charge is 0.251 e. The quantitative estimate of drug-likeness (QED) is 0.789. The van der Waals surface area contributed by atoms with E-state index in [0.717, 1.165) is 30.8 Å². The Hall–Kier alpha value is -2.14. The zero-order chi connectivity index (χ0) is 15.2. The highest BCUT2D eigenvalue weighted by atomic mass is 16.1. The molecule has 0 aliphatic carbocycles. The fraction of sp³-hybridized carbons (Fsp3) is 0.412. The highest BCUT2D eigenvalue weighted by Crippen LogP contribution is 2.23. The summed E-state index contributed by atoms with van der Waals surface area (Å²) in [6.45, 7) is 2.71. The summed E-state index contributed by atoms with van der Waals surface area (Å²) < 4.78 is 0. The minimum atomic E-state index is -0.00914. The number of aromatic amines is 1. The first kappa shape index (κ1) is 14.8. The summed E-state index contributed by atoms with van der Waals surface area (Å²) in [5.74, 6) is 0.511. The lowest BCUT2D eigenvalue weighted by molar-refractivity contribution is 0.0954. The first-order chi connectivity index (χ1) is 10.8. The van der Waals surface area contributed by atoms with Crippen LogP contribution in [0.5, 0.6) is 0 Å². The zero-order valence-corrected chi connectivity index (χ0v) is 12.6. The second-order valence-electron chi connectivity index (χ2n) is 5.75. The number of rotatable bonds is 5. The normalized spacial score (nSPS) is 18.1. The summed E-state index contributed by atoms with van der Waals surface area (Å²) in [6, 6.07) is 8.02. The number of benzene rings is 1. The van der Waals surface area contributed by atoms with Crippen LogP contribution in [0, 0.1) is 0 Å². The third-order valence-electron chi connectivity index (χ3n) is 4.15. The van der Waals surface area contributed by atoms with Crippen molar-refractivity contribution in [1.82, 2.24) is 20.6 Å². The average molecular weight is 298 g/mol. The number of nitrogens with one attached hydrogen (secondary N) is 3. The molecule has 0 unspecified atom stereocenters. The Labute approximate surface area is 130 Å². The second kappa shape index (κ2) is 7.22. The van der Waals surface area contributed by atoms with Gasteiger partial charge in [-0.3, -0.25) is 4.79 Å². The molecule has 1 aromatic carbocycles. The average Bonchev–Trinajstić information content (AvgIpc) is 3.09. The van der Waals surface area contributed by atoms with Crippen molar-refractivity contribution in [3.05, 3.63) is 53.6 Å². The van der Waals surface area contributed by atoms with Crippen LogP contribution in [-0.4, -0.2) is 35.5 Å². The van der Waals surface area contributed by atoms with Crippen LogP contribution in [0.15, 0.2) is 36.8 Å². The van der Waals surface area contributed by atoms with E-state index in [2.05, 4.69) is 26.7 Å². The summed E-state index contributed by atoms with van der Waals surface area (Å²) >= 11 is 0. The monoisotopic (exact) mass is 298 g/mol. The van der Waals surface area contributed by atoms with Crippen LogP contribution in [0.25, 0.3) is 0 Å². The van der Waals surface area contributed by atoms with Crippen LogP contribution in [0.4, 0.5) is 0 Å². The van der Waals surface area contributed by atoms with Crippen molar-refractivity contribution in [3.8, 4) is 0 Å². The van der Waals surface area contributed by atoms with Gasteiger partial charge >= 0.3 is 0 Å². The standard InChI is InChI=1S/C17H22N4O/c22-17(20-8-6-16-11-19-12-21-16)14-4-1-3-13(9-14)15-5-2-7-18-10-15/h1,3-4,9,11-12,15,18H,2,5-8,10H2,(H,19,21)(H,20,22)/t15-/m1/s1. The van der Waals surface area contributed by atoms with Crippen LogP contribution in [0.2, 0.25) is 0 Å². The molecule has 1 aromatic heterocycles. The fourth-order valence-corrected chi connectivity index (χ4v) is 2.90. The molecule has 1 aliphatic heterocycles. The van der Waals surface area contributed by atoms with Crippen molar-refractivity contribution in [1.29, 1.82) is 0 Å². The van der Waals surface area contributed by atoms with Crippen molar-refractivity contribution in [2.45, 2.75) is 25.2 Å². The van der Waals surface area contributed by atoms with E-state index in [4.69, 9.17) is 0 Å². The van der Waals surface area contributed by atoms with E-state index in [9.17, 15) is 4.79 Å². The highest BCUT2D eigenvalue weighted by molar-refractivity contribution is 5.94. The molecule has 1 fully saturated rings. The zero-order valence-electron chi connectivity index (χ0n) is 12.6. The third-order valence-corrected chi connectivity index (χ3v) is 4.15. The van der Waals surface area contributed by atoms with Crippen molar-refractivity contribution in [2.24, 2.45) is 0 Å². The SMILES string of the molecule is O=C(NCCc1cnc[nH]1)c1cccc([C@@H]2CCCNC2)c1. The highest BCUT2D eigenvalue weighted by Gasteiger charge is 2.16. The van der Waals surface area contributed by atoms with Crippen molar-refractivity contribution in [3.63, 3.8) is 0 Å². The lowest BCUT2D eigenvalue weighted by Gasteiger charge is -2.23. The van der Waals surface area contributed by atoms with E-state index < -0.39 is 0 Å². The molecule has 116 valence electrons. The van der Waals surface area contributed by atoms with Crippen LogP contribution in [-0.2, 0) is 6.42 Å². The Morgan fingerprint density at radius 1 is 1.41 bits per heavy atom. The van der Waals surface area contributed by atoms with Gasteiger partial charge in [0.1, 0.15) is 0 Å². The largest absolute Gasteiger partial charge is 0.352 e. The van der Waals surface area contributed by atoms with Gasteiger partial charge in [0.05, 0.1) is 6.33 Å². The number of aromatic nitrogens is 2. The van der Waals surface area contributed by atoms with E-state index in [1.165, 1.54) is 18.4 Å². The molecular formula is C17H22N4O. The van der Waals surface area contributed by atoms with Gasteiger partial charge in [-0.15, -0.1) is 0 Å². The van der Waals surface area contributed by atoms with E-state index in [0.29, 0.717) is 12.5 Å². The second-order valence-corrected chi connectivity index (χ2v) is 5.75. The van der Waals surface area contributed by atoms with Gasteiger partial charge in [0.2, 0.25) is 0 Å². The lowest BCUT2D eigenvalue weighted by Crippen LogP contribution is -2.29. The van der Waals surface area contributed by atoms with E-state index >= 15 is 0 Å². The van der Waals surface area contributed by atoms with Gasteiger partial charge in [-0.1, -0.05) is 12.1 Å². The molecule has 2 heterocycles. The first-order valence-corrected chi connectivity index (χ1v) is 7.89. The number of hydrogen-bond acceptors (Lipinski definition) is 3. The van der Waals surface area contributed by atoms with Gasteiger partial charge < -0.3 is 15.6 Å². The van der Waals surface area contributed by atoms with Gasteiger partial charge in [-0.2, -0.15) is 0 Å². The number of amides is 1. The van der Waals surface area contributed by atoms with Gasteiger partial charge in [-0.25, -0.2) is 4.98 Å². The van der Waals surface area contributed by atoms with Crippen molar-refractivity contribution < 1.29 is 4.79 Å². The molecule has 1 amide bonds. The lowest BCUT2D eigenvalue weighted by atomic mass is 9.90. The van der Waals surface area contributed by atoms with Gasteiger partial charge in [-0.05, 0) is 43.0 Å². The van der Waals surface area contributed by atoms with Crippen LogP contribution in [0.3, 0.4) is 0 Å². The predicted molar refractivity (Wildman–Crippen MR) is 85.9 cm³/mol. The number of nitrogens with zero attached hydrogens (tertiary/aromatic N) is 1. The number of carbonyl (C=O) groups is 1. The number of hydrogen-bond donors (Lipinski definition) is 3. The third kappa shape index (κ3) is 3.74. The van der Waals surface area contributed by atoms with E-state index in [1.54, 1.807) is 12.5 Å². The summed E-state index contributed by atoms with van der Waals surface area (Å²) in [5, 5.41) is 6.39. The Balaban J connectivity index is 1.57. The Kier molecular flexibility index (Phi) is 4.85. The Morgan fingerprint density at radius 2 is 2.36 bits per heavy atom. The van der Waals surface area contributed by atoms with Crippen molar-refractivity contribution in [2.75, 3.05) is 19.6 Å². The molecule has 5 nitrogen and oxygen atoms in total. The number of carbonyl (C=O) groups excluding carboxylic acids is 1. The minimum Gasteiger partial charge on any atom is -0.352 e.